The van der Waals surface area contributed by atoms with Crippen LogP contribution in [0.3, 0.4) is 0 Å². The fourth-order valence-electron chi connectivity index (χ4n) is 3.69. The zero-order chi connectivity index (χ0) is 14.2. The van der Waals surface area contributed by atoms with Crippen LogP contribution < -0.4 is 0 Å². The predicted octanol–water partition coefficient (Wildman–Crippen LogP) is 2.48. The van der Waals surface area contributed by atoms with Crippen molar-refractivity contribution in [2.24, 2.45) is 0 Å². The number of likely N-dealkylation sites (tertiary alicyclic amines) is 2. The Balaban J connectivity index is 1.49. The van der Waals surface area contributed by atoms with Gasteiger partial charge >= 0.3 is 0 Å². The quantitative estimate of drug-likeness (QED) is 0.919. The largest absolute Gasteiger partial charge is 0.361 e. The summed E-state index contributed by atoms with van der Waals surface area (Å²) >= 11 is 0. The maximum Gasteiger partial charge on any atom is 0.253 e. The zero-order valence-corrected chi connectivity index (χ0v) is 12.2. The number of amides is 1. The minimum absolute atomic E-state index is 0.174. The van der Waals surface area contributed by atoms with E-state index in [1.54, 1.807) is 0 Å². The summed E-state index contributed by atoms with van der Waals surface area (Å²) in [5.74, 6) is 0.174. The Morgan fingerprint density at radius 2 is 2.00 bits per heavy atom. The molecule has 4 heteroatoms. The van der Waals surface area contributed by atoms with Crippen molar-refractivity contribution >= 4 is 16.8 Å². The normalized spacial score (nSPS) is 23.2. The second-order valence-corrected chi connectivity index (χ2v) is 6.22. The molecule has 3 heterocycles. The Morgan fingerprint density at radius 1 is 1.14 bits per heavy atom. The Bertz CT molecular complexity index is 657. The number of rotatable bonds is 2. The Hall–Kier alpha value is -1.81. The number of nitrogens with one attached hydrogen (secondary N) is 1. The first-order chi connectivity index (χ1) is 10.3. The maximum absolute atomic E-state index is 12.7. The minimum atomic E-state index is 0.174. The highest BCUT2D eigenvalue weighted by Crippen LogP contribution is 2.23. The summed E-state index contributed by atoms with van der Waals surface area (Å²) in [4.78, 5) is 20.4. The Morgan fingerprint density at radius 3 is 2.86 bits per heavy atom. The molecule has 1 aromatic carbocycles. The third-order valence-electron chi connectivity index (χ3n) is 4.91. The summed E-state index contributed by atoms with van der Waals surface area (Å²) in [6.07, 6.45) is 5.66. The summed E-state index contributed by atoms with van der Waals surface area (Å²) in [6.45, 7) is 4.20. The summed E-state index contributed by atoms with van der Waals surface area (Å²) < 4.78 is 0. The summed E-state index contributed by atoms with van der Waals surface area (Å²) in [5, 5.41) is 1.16. The molecule has 21 heavy (non-hydrogen) atoms. The monoisotopic (exact) mass is 283 g/mol. The topological polar surface area (TPSA) is 39.3 Å². The molecule has 0 bridgehead atoms. The number of benzene rings is 1. The molecule has 1 amide bonds. The van der Waals surface area contributed by atoms with Crippen molar-refractivity contribution in [1.29, 1.82) is 0 Å². The van der Waals surface area contributed by atoms with Crippen LogP contribution in [0.1, 0.15) is 29.6 Å². The van der Waals surface area contributed by atoms with Crippen LogP contribution in [0.4, 0.5) is 0 Å². The number of aromatic amines is 1. The van der Waals surface area contributed by atoms with Gasteiger partial charge in [0.15, 0.2) is 0 Å². The predicted molar refractivity (Wildman–Crippen MR) is 83.4 cm³/mol. The number of hydrogen-bond donors (Lipinski definition) is 1. The maximum atomic E-state index is 12.7. The Kier molecular flexibility index (Phi) is 3.19. The number of aromatic nitrogens is 1. The van der Waals surface area contributed by atoms with E-state index in [1.807, 2.05) is 35.4 Å². The van der Waals surface area contributed by atoms with E-state index < -0.39 is 0 Å². The van der Waals surface area contributed by atoms with E-state index in [0.717, 1.165) is 36.0 Å². The lowest BCUT2D eigenvalue weighted by Crippen LogP contribution is -2.37. The number of carbonyl (C=O) groups is 1. The third kappa shape index (κ3) is 2.33. The van der Waals surface area contributed by atoms with E-state index in [9.17, 15) is 4.79 Å². The molecule has 2 saturated heterocycles. The number of hydrogen-bond acceptors (Lipinski definition) is 2. The molecule has 1 atom stereocenters. The lowest BCUT2D eigenvalue weighted by atomic mass is 10.1. The van der Waals surface area contributed by atoms with Gasteiger partial charge in [-0.25, -0.2) is 0 Å². The lowest BCUT2D eigenvalue weighted by Gasteiger charge is -2.23. The van der Waals surface area contributed by atoms with Crippen LogP contribution in [0.25, 0.3) is 10.9 Å². The molecule has 0 aliphatic carbocycles. The van der Waals surface area contributed by atoms with Gasteiger partial charge in [0.05, 0.1) is 0 Å². The molecular weight excluding hydrogens is 262 g/mol. The van der Waals surface area contributed by atoms with Gasteiger partial charge in [-0.15, -0.1) is 0 Å². The van der Waals surface area contributed by atoms with Crippen LogP contribution in [0, 0.1) is 0 Å². The van der Waals surface area contributed by atoms with Crippen molar-refractivity contribution in [3.8, 4) is 0 Å². The van der Waals surface area contributed by atoms with Crippen molar-refractivity contribution in [2.45, 2.75) is 25.3 Å². The summed E-state index contributed by atoms with van der Waals surface area (Å²) in [7, 11) is 0. The van der Waals surface area contributed by atoms with Gasteiger partial charge in [-0.05, 0) is 55.9 Å². The van der Waals surface area contributed by atoms with Gasteiger partial charge in [0, 0.05) is 36.4 Å². The van der Waals surface area contributed by atoms with Gasteiger partial charge in [-0.2, -0.15) is 0 Å². The highest BCUT2D eigenvalue weighted by atomic mass is 16.2. The minimum Gasteiger partial charge on any atom is -0.361 e. The first-order valence-electron chi connectivity index (χ1n) is 7.92. The first-order valence-corrected chi connectivity index (χ1v) is 7.92. The van der Waals surface area contributed by atoms with E-state index in [4.69, 9.17) is 0 Å². The first kappa shape index (κ1) is 12.9. The van der Waals surface area contributed by atoms with Crippen molar-refractivity contribution in [1.82, 2.24) is 14.8 Å². The highest BCUT2D eigenvalue weighted by Gasteiger charge is 2.31. The molecule has 1 aromatic heterocycles. The molecule has 1 N–H and O–H groups in total. The molecule has 0 spiro atoms. The van der Waals surface area contributed by atoms with Crippen LogP contribution in [0.5, 0.6) is 0 Å². The number of fused-ring (bicyclic) bond motifs is 1. The van der Waals surface area contributed by atoms with E-state index in [2.05, 4.69) is 9.88 Å². The fraction of sp³-hybridized carbons (Fsp3) is 0.471. The van der Waals surface area contributed by atoms with Gasteiger partial charge < -0.3 is 9.88 Å². The van der Waals surface area contributed by atoms with Crippen molar-refractivity contribution < 1.29 is 4.79 Å². The molecule has 2 aliphatic rings. The van der Waals surface area contributed by atoms with Gasteiger partial charge in [-0.3, -0.25) is 9.69 Å². The van der Waals surface area contributed by atoms with Crippen LogP contribution in [-0.4, -0.2) is 52.9 Å². The molecule has 110 valence electrons. The average Bonchev–Trinajstić information content (AvgIpc) is 3.24. The number of carbonyl (C=O) groups excluding carboxylic acids is 1. The molecule has 2 aliphatic heterocycles. The molecule has 4 rings (SSSR count). The Labute approximate surface area is 124 Å². The standard InChI is InChI=1S/C17H21N3O/c21-17(14-4-3-13-5-7-18-16(13)11-14)20-10-6-15(12-20)19-8-1-2-9-19/h3-5,7,11,15,18H,1-2,6,8-10,12H2. The molecule has 1 unspecified atom stereocenters. The average molecular weight is 283 g/mol. The summed E-state index contributed by atoms with van der Waals surface area (Å²) in [5.41, 5.74) is 1.84. The second-order valence-electron chi connectivity index (χ2n) is 6.22. The molecule has 2 fully saturated rings. The van der Waals surface area contributed by atoms with E-state index >= 15 is 0 Å². The van der Waals surface area contributed by atoms with Crippen LogP contribution in [0.2, 0.25) is 0 Å². The second kappa shape index (κ2) is 5.19. The van der Waals surface area contributed by atoms with Gasteiger partial charge in [0.1, 0.15) is 0 Å². The van der Waals surface area contributed by atoms with Gasteiger partial charge in [0.25, 0.3) is 5.91 Å². The number of H-pyrrole nitrogens is 1. The molecular formula is C17H21N3O. The third-order valence-corrected chi connectivity index (χ3v) is 4.91. The van der Waals surface area contributed by atoms with Gasteiger partial charge in [-0.1, -0.05) is 6.07 Å². The zero-order valence-electron chi connectivity index (χ0n) is 12.2. The summed E-state index contributed by atoms with van der Waals surface area (Å²) in [6, 6.07) is 8.55. The van der Waals surface area contributed by atoms with Crippen molar-refractivity contribution in [3.05, 3.63) is 36.0 Å². The fourth-order valence-corrected chi connectivity index (χ4v) is 3.69. The van der Waals surface area contributed by atoms with Crippen LogP contribution in [-0.2, 0) is 0 Å². The van der Waals surface area contributed by atoms with E-state index in [0.29, 0.717) is 6.04 Å². The SMILES string of the molecule is O=C(c1ccc2cc[nH]c2c1)N1CCC(N2CCCC2)C1. The highest BCUT2D eigenvalue weighted by molar-refractivity contribution is 5.98. The molecule has 0 radical (unpaired) electrons. The van der Waals surface area contributed by atoms with Crippen LogP contribution in [0.15, 0.2) is 30.5 Å². The lowest BCUT2D eigenvalue weighted by molar-refractivity contribution is 0.0780. The van der Waals surface area contributed by atoms with Gasteiger partial charge in [0.2, 0.25) is 0 Å². The smallest absolute Gasteiger partial charge is 0.253 e. The molecule has 4 nitrogen and oxygen atoms in total. The number of nitrogens with zero attached hydrogens (tertiary/aromatic N) is 2. The van der Waals surface area contributed by atoms with E-state index in [-0.39, 0.29) is 5.91 Å². The van der Waals surface area contributed by atoms with Crippen LogP contribution >= 0.6 is 0 Å². The molecule has 0 saturated carbocycles. The molecule has 2 aromatic rings. The van der Waals surface area contributed by atoms with Crippen molar-refractivity contribution in [2.75, 3.05) is 26.2 Å². The van der Waals surface area contributed by atoms with E-state index in [1.165, 1.54) is 25.9 Å². The van der Waals surface area contributed by atoms with Crippen molar-refractivity contribution in [3.63, 3.8) is 0 Å².